The van der Waals surface area contributed by atoms with Gasteiger partial charge in [0.05, 0.1) is 0 Å². The Bertz CT molecular complexity index is 957. The Morgan fingerprint density at radius 1 is 0.750 bits per heavy atom. The molecule has 0 atom stereocenters. The Morgan fingerprint density at radius 2 is 1.45 bits per heavy atom. The Balaban J connectivity index is 2.45. The van der Waals surface area contributed by atoms with Crippen LogP contribution in [0.1, 0.15) is 5.56 Å². The summed E-state index contributed by atoms with van der Waals surface area (Å²) in [5, 5.41) is 25.4. The van der Waals surface area contributed by atoms with E-state index < -0.39 is 0 Å². The van der Waals surface area contributed by atoms with E-state index in [1.165, 1.54) is 0 Å². The molecule has 20 heavy (non-hydrogen) atoms. The molecule has 0 fully saturated rings. The number of phenols is 1. The maximum absolute atomic E-state index is 10.6. The molecule has 0 unspecified atom stereocenters. The first kappa shape index (κ1) is 11.1. The van der Waals surface area contributed by atoms with Gasteiger partial charge in [0.1, 0.15) is 11.5 Å². The number of rotatable bonds is 0. The number of hydrogen-bond donors (Lipinski definition) is 2. The van der Waals surface area contributed by atoms with Crippen LogP contribution in [-0.4, -0.2) is 10.2 Å². The molecule has 0 aliphatic heterocycles. The van der Waals surface area contributed by atoms with Gasteiger partial charge >= 0.3 is 0 Å². The maximum Gasteiger partial charge on any atom is 0.131 e. The van der Waals surface area contributed by atoms with Gasteiger partial charge in [-0.2, -0.15) is 0 Å². The van der Waals surface area contributed by atoms with E-state index in [2.05, 4.69) is 0 Å². The number of fused-ring (bicyclic) bond motifs is 2. The first-order chi connectivity index (χ1) is 9.77. The zero-order valence-electron chi connectivity index (χ0n) is 10.7. The third kappa shape index (κ3) is 1.33. The van der Waals surface area contributed by atoms with Crippen LogP contribution in [0.5, 0.6) is 5.75 Å². The van der Waals surface area contributed by atoms with E-state index in [0.717, 1.165) is 21.5 Å². The first-order valence-corrected chi connectivity index (χ1v) is 6.51. The third-order valence-corrected chi connectivity index (χ3v) is 3.84. The number of phenolic OH excluding ortho intramolecular Hbond substituents is 1. The van der Waals surface area contributed by atoms with Crippen LogP contribution in [0.15, 0.2) is 54.6 Å². The van der Waals surface area contributed by atoms with Crippen LogP contribution in [0.3, 0.4) is 0 Å². The highest BCUT2D eigenvalue weighted by Crippen LogP contribution is 2.34. The molecule has 0 radical (unpaired) electrons. The molecule has 3 aromatic carbocycles. The smallest absolute Gasteiger partial charge is 0.131 e. The number of aromatic hydroxyl groups is 1. The molecule has 2 N–H and O–H groups in total. The summed E-state index contributed by atoms with van der Waals surface area (Å²) in [4.78, 5) is 0. The van der Waals surface area contributed by atoms with Gasteiger partial charge in [0.15, 0.2) is 0 Å². The highest BCUT2D eigenvalue weighted by atomic mass is 16.3. The van der Waals surface area contributed by atoms with Crippen LogP contribution < -0.4 is 5.22 Å². The number of aliphatic hydroxyl groups is 1. The number of allylic oxidation sites excluding steroid dienone is 2. The molecule has 2 heteroatoms. The molecule has 0 amide bonds. The normalized spacial score (nSPS) is 13.9. The van der Waals surface area contributed by atoms with Crippen LogP contribution in [0, 0.1) is 0 Å². The van der Waals surface area contributed by atoms with Crippen molar-refractivity contribution in [1.29, 1.82) is 0 Å². The van der Waals surface area contributed by atoms with Gasteiger partial charge in [-0.1, -0.05) is 54.6 Å². The molecule has 0 saturated carbocycles. The van der Waals surface area contributed by atoms with Crippen molar-refractivity contribution < 1.29 is 10.2 Å². The summed E-state index contributed by atoms with van der Waals surface area (Å²) in [7, 11) is 0. The van der Waals surface area contributed by atoms with E-state index in [0.29, 0.717) is 10.8 Å². The van der Waals surface area contributed by atoms with Crippen LogP contribution >= 0.6 is 0 Å². The summed E-state index contributed by atoms with van der Waals surface area (Å²) >= 11 is 0. The second-order valence-corrected chi connectivity index (χ2v) is 4.95. The summed E-state index contributed by atoms with van der Waals surface area (Å²) in [6, 6.07) is 11.8. The highest BCUT2D eigenvalue weighted by Gasteiger charge is 2.14. The van der Waals surface area contributed by atoms with Crippen LogP contribution in [0.25, 0.3) is 33.4 Å². The molecule has 1 aliphatic rings. The largest absolute Gasteiger partial charge is 0.507 e. The van der Waals surface area contributed by atoms with E-state index >= 15 is 0 Å². The molecule has 2 nitrogen and oxygen atoms in total. The summed E-state index contributed by atoms with van der Waals surface area (Å²) in [5.74, 6) is 0.398. The minimum absolute atomic E-state index is 0.179. The minimum Gasteiger partial charge on any atom is -0.507 e. The predicted molar refractivity (Wildman–Crippen MR) is 82.5 cm³/mol. The quantitative estimate of drug-likeness (QED) is 0.647. The first-order valence-electron chi connectivity index (χ1n) is 6.51. The Morgan fingerprint density at radius 3 is 2.25 bits per heavy atom. The summed E-state index contributed by atoms with van der Waals surface area (Å²) in [6.45, 7) is 0. The monoisotopic (exact) mass is 260 g/mol. The fourth-order valence-corrected chi connectivity index (χ4v) is 2.98. The lowest BCUT2D eigenvalue weighted by atomic mass is 9.94. The molecule has 0 heterocycles. The lowest BCUT2D eigenvalue weighted by molar-refractivity contribution is 0.478. The summed E-state index contributed by atoms with van der Waals surface area (Å²) in [5.41, 5.74) is 0.665. The van der Waals surface area contributed by atoms with E-state index in [1.54, 1.807) is 12.2 Å². The minimum atomic E-state index is 0.179. The van der Waals surface area contributed by atoms with Crippen molar-refractivity contribution in [2.24, 2.45) is 0 Å². The van der Waals surface area contributed by atoms with Gasteiger partial charge in [0.2, 0.25) is 0 Å². The van der Waals surface area contributed by atoms with E-state index in [9.17, 15) is 10.2 Å². The van der Waals surface area contributed by atoms with E-state index in [1.807, 2.05) is 48.6 Å². The van der Waals surface area contributed by atoms with Crippen molar-refractivity contribution in [1.82, 2.24) is 0 Å². The topological polar surface area (TPSA) is 40.5 Å². The van der Waals surface area contributed by atoms with Crippen LogP contribution in [0.2, 0.25) is 0 Å². The van der Waals surface area contributed by atoms with Gasteiger partial charge in [-0.15, -0.1) is 0 Å². The predicted octanol–water partition coefficient (Wildman–Crippen LogP) is 3.67. The second-order valence-electron chi connectivity index (χ2n) is 4.95. The van der Waals surface area contributed by atoms with Gasteiger partial charge in [-0.25, -0.2) is 0 Å². The van der Waals surface area contributed by atoms with Gasteiger partial charge in [0, 0.05) is 21.6 Å². The Kier molecular flexibility index (Phi) is 2.15. The third-order valence-electron chi connectivity index (χ3n) is 3.84. The zero-order chi connectivity index (χ0) is 13.7. The van der Waals surface area contributed by atoms with Crippen molar-refractivity contribution in [3.8, 4) is 5.75 Å². The molecular formula is C18H12O2. The average molecular weight is 260 g/mol. The van der Waals surface area contributed by atoms with Crippen LogP contribution in [0.4, 0.5) is 0 Å². The van der Waals surface area contributed by atoms with Crippen LogP contribution in [-0.2, 0) is 0 Å². The molecule has 0 saturated heterocycles. The van der Waals surface area contributed by atoms with E-state index in [4.69, 9.17) is 0 Å². The van der Waals surface area contributed by atoms with Gasteiger partial charge in [0.25, 0.3) is 0 Å². The Hall–Kier alpha value is -2.74. The average Bonchev–Trinajstić information content (AvgIpc) is 2.67. The number of aliphatic hydroxyl groups excluding tert-OH is 1. The van der Waals surface area contributed by atoms with Gasteiger partial charge in [-0.05, 0) is 16.8 Å². The summed E-state index contributed by atoms with van der Waals surface area (Å²) < 4.78 is 0. The highest BCUT2D eigenvalue weighted by molar-refractivity contribution is 6.14. The lowest BCUT2D eigenvalue weighted by Gasteiger charge is -2.12. The van der Waals surface area contributed by atoms with Crippen molar-refractivity contribution in [2.75, 3.05) is 0 Å². The summed E-state index contributed by atoms with van der Waals surface area (Å²) in [6.07, 6.45) is 7.08. The number of hydrogen-bond acceptors (Lipinski definition) is 2. The molecule has 1 aliphatic carbocycles. The van der Waals surface area contributed by atoms with E-state index in [-0.39, 0.29) is 11.5 Å². The fourth-order valence-electron chi connectivity index (χ4n) is 2.98. The van der Waals surface area contributed by atoms with Gasteiger partial charge in [-0.3, -0.25) is 0 Å². The standard InChI is InChI=1S/C18H12O2/c19-15-10-2-1-7-14-17(15)12-8-3-5-11-6-4-9-13(16(11)12)18(14)20/h1-10,19-20H. The Labute approximate surface area is 115 Å². The molecule has 4 rings (SSSR count). The molecule has 0 spiro atoms. The number of benzene rings is 3. The molecule has 0 bridgehead atoms. The van der Waals surface area contributed by atoms with Crippen molar-refractivity contribution in [3.63, 3.8) is 0 Å². The zero-order valence-corrected chi connectivity index (χ0v) is 10.7. The second kappa shape index (κ2) is 3.87. The van der Waals surface area contributed by atoms with Crippen molar-refractivity contribution in [3.05, 3.63) is 65.4 Å². The van der Waals surface area contributed by atoms with Crippen molar-refractivity contribution >= 4 is 33.4 Å². The van der Waals surface area contributed by atoms with Gasteiger partial charge < -0.3 is 10.2 Å². The fraction of sp³-hybridized carbons (Fsp3) is 0. The molecule has 0 aromatic heterocycles. The maximum atomic E-state index is 10.6. The lowest BCUT2D eigenvalue weighted by Crippen LogP contribution is -2.11. The SMILES string of the molecule is OC1=c2c(c(O)c3cccc4cccc2c43)C=CC=C1. The molecule has 3 aromatic rings. The molecule has 96 valence electrons. The molecular weight excluding hydrogens is 248 g/mol. The van der Waals surface area contributed by atoms with Crippen molar-refractivity contribution in [2.45, 2.75) is 0 Å².